The maximum absolute atomic E-state index is 14.0. The number of carbonyl (C=O) groups excluding carboxylic acids is 1. The smallest absolute Gasteiger partial charge is 0.262 e. The molecule has 6 heteroatoms. The lowest BCUT2D eigenvalue weighted by Gasteiger charge is -2.20. The van der Waals surface area contributed by atoms with Gasteiger partial charge >= 0.3 is 0 Å². The van der Waals surface area contributed by atoms with Crippen molar-refractivity contribution in [1.82, 2.24) is 0 Å². The van der Waals surface area contributed by atoms with Crippen LogP contribution in [0.2, 0.25) is 5.02 Å². The Bertz CT molecular complexity index is 720. The highest BCUT2D eigenvalue weighted by Crippen LogP contribution is 2.34. The Morgan fingerprint density at radius 3 is 2.95 bits per heavy atom. The number of hydrogen-bond acceptors (Lipinski definition) is 3. The quantitative estimate of drug-likeness (QED) is 0.897. The van der Waals surface area contributed by atoms with Crippen LogP contribution in [0.3, 0.4) is 0 Å². The number of aliphatic hydroxyl groups excluding tert-OH is 1. The molecule has 0 spiro atoms. The number of benzene rings is 2. The molecule has 1 amide bonds. The van der Waals surface area contributed by atoms with Crippen LogP contribution in [0.5, 0.6) is 5.75 Å². The maximum Gasteiger partial charge on any atom is 0.262 e. The average molecular weight is 308 g/mol. The van der Waals surface area contributed by atoms with Crippen LogP contribution >= 0.6 is 11.6 Å². The van der Waals surface area contributed by atoms with Crippen molar-refractivity contribution in [2.75, 3.05) is 11.9 Å². The zero-order chi connectivity index (χ0) is 15.0. The van der Waals surface area contributed by atoms with Gasteiger partial charge in [-0.15, -0.1) is 0 Å². The number of ether oxygens (including phenoxy) is 1. The molecule has 0 fully saturated rings. The predicted molar refractivity (Wildman–Crippen MR) is 76.0 cm³/mol. The second-order valence-corrected chi connectivity index (χ2v) is 5.05. The highest BCUT2D eigenvalue weighted by atomic mass is 35.5. The normalized spacial score (nSPS) is 14.9. The van der Waals surface area contributed by atoms with Crippen LogP contribution in [0.1, 0.15) is 17.2 Å². The molecule has 0 saturated heterocycles. The van der Waals surface area contributed by atoms with Crippen molar-refractivity contribution in [2.45, 2.75) is 6.10 Å². The highest BCUT2D eigenvalue weighted by Gasteiger charge is 2.21. The number of carbonyl (C=O) groups is 1. The van der Waals surface area contributed by atoms with E-state index in [1.54, 1.807) is 24.3 Å². The summed E-state index contributed by atoms with van der Waals surface area (Å²) in [5.74, 6) is -0.426. The molecule has 21 heavy (non-hydrogen) atoms. The van der Waals surface area contributed by atoms with Crippen molar-refractivity contribution in [3.63, 3.8) is 0 Å². The first-order chi connectivity index (χ1) is 10.1. The Morgan fingerprint density at radius 2 is 2.14 bits per heavy atom. The van der Waals surface area contributed by atoms with E-state index >= 15 is 0 Å². The Balaban J connectivity index is 1.98. The fourth-order valence-electron chi connectivity index (χ4n) is 2.18. The molecule has 1 atom stereocenters. The van der Waals surface area contributed by atoms with E-state index in [1.165, 1.54) is 12.1 Å². The van der Waals surface area contributed by atoms with E-state index in [1.807, 2.05) is 0 Å². The molecule has 1 aliphatic heterocycles. The number of nitrogens with one attached hydrogen (secondary N) is 1. The molecule has 1 unspecified atom stereocenters. The van der Waals surface area contributed by atoms with E-state index in [0.717, 1.165) is 0 Å². The van der Waals surface area contributed by atoms with Crippen LogP contribution in [0.25, 0.3) is 0 Å². The second kappa shape index (κ2) is 5.35. The van der Waals surface area contributed by atoms with Crippen molar-refractivity contribution in [3.8, 4) is 5.75 Å². The summed E-state index contributed by atoms with van der Waals surface area (Å²) >= 11 is 5.72. The van der Waals surface area contributed by atoms with Gasteiger partial charge < -0.3 is 15.2 Å². The van der Waals surface area contributed by atoms with Crippen LogP contribution in [-0.2, 0) is 4.79 Å². The monoisotopic (exact) mass is 307 g/mol. The lowest BCUT2D eigenvalue weighted by molar-refractivity contribution is -0.118. The summed E-state index contributed by atoms with van der Waals surface area (Å²) in [6.45, 7) is -0.0438. The van der Waals surface area contributed by atoms with Crippen molar-refractivity contribution in [1.29, 1.82) is 0 Å². The van der Waals surface area contributed by atoms with Crippen molar-refractivity contribution in [3.05, 3.63) is 58.4 Å². The van der Waals surface area contributed by atoms with Gasteiger partial charge in [-0.1, -0.05) is 29.8 Å². The summed E-state index contributed by atoms with van der Waals surface area (Å²) in [7, 11) is 0. The van der Waals surface area contributed by atoms with Gasteiger partial charge in [-0.3, -0.25) is 4.79 Å². The molecule has 2 aromatic carbocycles. The molecule has 1 aliphatic rings. The standard InChI is InChI=1S/C15H11ClFNO3/c16-10-3-1-2-9(14(10)17)15(20)8-4-5-12-11(6-8)18-13(19)7-21-12/h1-6,15,20H,7H2,(H,18,19). The van der Waals surface area contributed by atoms with E-state index < -0.39 is 11.9 Å². The first-order valence-corrected chi connectivity index (χ1v) is 6.62. The van der Waals surface area contributed by atoms with E-state index in [9.17, 15) is 14.3 Å². The highest BCUT2D eigenvalue weighted by molar-refractivity contribution is 6.30. The number of fused-ring (bicyclic) bond motifs is 1. The van der Waals surface area contributed by atoms with Gasteiger partial charge in [0, 0.05) is 5.56 Å². The van der Waals surface area contributed by atoms with Crippen LogP contribution in [0, 0.1) is 5.82 Å². The number of rotatable bonds is 2. The topological polar surface area (TPSA) is 58.6 Å². The zero-order valence-electron chi connectivity index (χ0n) is 10.8. The SMILES string of the molecule is O=C1COc2ccc(C(O)c3cccc(Cl)c3F)cc2N1. The van der Waals surface area contributed by atoms with Crippen molar-refractivity contribution >= 4 is 23.2 Å². The Labute approximate surface area is 125 Å². The molecule has 4 nitrogen and oxygen atoms in total. The molecule has 0 aliphatic carbocycles. The third-order valence-corrected chi connectivity index (χ3v) is 3.52. The number of hydrogen-bond donors (Lipinski definition) is 2. The molecule has 3 rings (SSSR count). The van der Waals surface area contributed by atoms with Gasteiger partial charge in [-0.25, -0.2) is 4.39 Å². The molecule has 2 N–H and O–H groups in total. The molecular formula is C15H11ClFNO3. The van der Waals surface area contributed by atoms with E-state index in [4.69, 9.17) is 16.3 Å². The first-order valence-electron chi connectivity index (χ1n) is 6.25. The molecular weight excluding hydrogens is 297 g/mol. The Kier molecular flexibility index (Phi) is 3.53. The third-order valence-electron chi connectivity index (χ3n) is 3.23. The van der Waals surface area contributed by atoms with Gasteiger partial charge in [0.25, 0.3) is 5.91 Å². The van der Waals surface area contributed by atoms with Crippen LogP contribution in [-0.4, -0.2) is 17.6 Å². The molecule has 0 radical (unpaired) electrons. The Hall–Kier alpha value is -2.11. The lowest BCUT2D eigenvalue weighted by Crippen LogP contribution is -2.25. The zero-order valence-corrected chi connectivity index (χ0v) is 11.5. The van der Waals surface area contributed by atoms with Crippen LogP contribution in [0.4, 0.5) is 10.1 Å². The molecule has 2 aromatic rings. The largest absolute Gasteiger partial charge is 0.482 e. The summed E-state index contributed by atoms with van der Waals surface area (Å²) in [5, 5.41) is 12.9. The van der Waals surface area contributed by atoms with Crippen molar-refractivity contribution < 1.29 is 19.0 Å². The van der Waals surface area contributed by atoms with Crippen LogP contribution < -0.4 is 10.1 Å². The van der Waals surface area contributed by atoms with Gasteiger partial charge in [0.1, 0.15) is 17.7 Å². The fraction of sp³-hybridized carbons (Fsp3) is 0.133. The molecule has 0 aromatic heterocycles. The van der Waals surface area contributed by atoms with E-state index in [-0.39, 0.29) is 23.1 Å². The van der Waals surface area contributed by atoms with Gasteiger partial charge in [0.15, 0.2) is 6.61 Å². The minimum atomic E-state index is -1.19. The Morgan fingerprint density at radius 1 is 1.33 bits per heavy atom. The molecule has 108 valence electrons. The van der Waals surface area contributed by atoms with Crippen molar-refractivity contribution in [2.24, 2.45) is 0 Å². The van der Waals surface area contributed by atoms with Gasteiger partial charge in [-0.2, -0.15) is 0 Å². The summed E-state index contributed by atoms with van der Waals surface area (Å²) < 4.78 is 19.2. The number of anilines is 1. The summed E-state index contributed by atoms with van der Waals surface area (Å²) in [6, 6.07) is 9.22. The number of amides is 1. The maximum atomic E-state index is 14.0. The van der Waals surface area contributed by atoms with Gasteiger partial charge in [0.2, 0.25) is 0 Å². The van der Waals surface area contributed by atoms with E-state index in [0.29, 0.717) is 17.0 Å². The minimum absolute atomic E-state index is 0.0438. The fourth-order valence-corrected chi connectivity index (χ4v) is 2.36. The number of halogens is 2. The molecule has 1 heterocycles. The van der Waals surface area contributed by atoms with E-state index in [2.05, 4.69) is 5.32 Å². The average Bonchev–Trinajstić information content (AvgIpc) is 2.48. The van der Waals surface area contributed by atoms with Gasteiger partial charge in [0.05, 0.1) is 10.7 Å². The first kappa shape index (κ1) is 13.9. The molecule has 0 saturated carbocycles. The summed E-state index contributed by atoms with van der Waals surface area (Å²) in [6.07, 6.45) is -1.19. The second-order valence-electron chi connectivity index (χ2n) is 4.64. The number of aliphatic hydroxyl groups is 1. The van der Waals surface area contributed by atoms with Crippen LogP contribution in [0.15, 0.2) is 36.4 Å². The minimum Gasteiger partial charge on any atom is -0.482 e. The predicted octanol–water partition coefficient (Wildman–Crippen LogP) is 2.89. The summed E-state index contributed by atoms with van der Waals surface area (Å²) in [4.78, 5) is 11.3. The third kappa shape index (κ3) is 2.57. The molecule has 0 bridgehead atoms. The summed E-state index contributed by atoms with van der Waals surface area (Å²) in [5.41, 5.74) is 0.955. The lowest BCUT2D eigenvalue weighted by atomic mass is 10.00. The van der Waals surface area contributed by atoms with Gasteiger partial charge in [-0.05, 0) is 23.8 Å².